The van der Waals surface area contributed by atoms with Crippen LogP contribution in [0.3, 0.4) is 0 Å². The fraction of sp³-hybridized carbons (Fsp3) is 0.400. The first-order chi connectivity index (χ1) is 11.4. The van der Waals surface area contributed by atoms with Gasteiger partial charge in [0.2, 0.25) is 0 Å². The number of rotatable bonds is 4. The van der Waals surface area contributed by atoms with E-state index in [4.69, 9.17) is 0 Å². The third-order valence-electron chi connectivity index (χ3n) is 3.85. The molecule has 1 saturated heterocycles. The molecule has 3 rings (SSSR count). The van der Waals surface area contributed by atoms with E-state index in [2.05, 4.69) is 20.7 Å². The number of pyridine rings is 1. The van der Waals surface area contributed by atoms with Crippen molar-refractivity contribution >= 4 is 15.9 Å². The molecule has 0 bridgehead atoms. The number of sulfone groups is 1. The molecule has 2 aromatic heterocycles. The van der Waals surface area contributed by atoms with Crippen LogP contribution in [-0.4, -0.2) is 46.8 Å². The summed E-state index contributed by atoms with van der Waals surface area (Å²) >= 11 is 0. The summed E-state index contributed by atoms with van der Waals surface area (Å²) in [5, 5.41) is 9.50. The molecule has 0 aromatic carbocycles. The van der Waals surface area contributed by atoms with Crippen LogP contribution in [0.4, 0.5) is 4.79 Å². The first-order valence-electron chi connectivity index (χ1n) is 7.60. The van der Waals surface area contributed by atoms with E-state index in [1.54, 1.807) is 17.1 Å². The number of amides is 2. The Bertz CT molecular complexity index is 829. The lowest BCUT2D eigenvalue weighted by atomic mass is 10.2. The van der Waals surface area contributed by atoms with E-state index in [1.807, 2.05) is 25.4 Å². The average molecular weight is 349 g/mol. The van der Waals surface area contributed by atoms with Gasteiger partial charge in [-0.15, -0.1) is 0 Å². The van der Waals surface area contributed by atoms with E-state index in [0.717, 1.165) is 16.8 Å². The fourth-order valence-corrected chi connectivity index (χ4v) is 4.25. The molecule has 2 N–H and O–H groups in total. The number of nitrogens with zero attached hydrogens (tertiary/aromatic N) is 3. The molecule has 1 aliphatic heterocycles. The van der Waals surface area contributed by atoms with Crippen LogP contribution >= 0.6 is 0 Å². The molecule has 24 heavy (non-hydrogen) atoms. The lowest BCUT2D eigenvalue weighted by Crippen LogP contribution is -2.42. The van der Waals surface area contributed by atoms with Crippen molar-refractivity contribution in [2.75, 3.05) is 11.5 Å². The molecule has 0 spiro atoms. The minimum atomic E-state index is -3.00. The summed E-state index contributed by atoms with van der Waals surface area (Å²) in [5.74, 6) is 0.152. The Labute approximate surface area is 140 Å². The van der Waals surface area contributed by atoms with Gasteiger partial charge in [-0.3, -0.25) is 9.67 Å². The third-order valence-corrected chi connectivity index (χ3v) is 5.61. The number of hydrogen-bond acceptors (Lipinski definition) is 5. The van der Waals surface area contributed by atoms with Crippen molar-refractivity contribution in [1.29, 1.82) is 0 Å². The van der Waals surface area contributed by atoms with Gasteiger partial charge >= 0.3 is 6.03 Å². The molecule has 2 aromatic rings. The molecule has 128 valence electrons. The Morgan fingerprint density at radius 2 is 2.21 bits per heavy atom. The Balaban J connectivity index is 1.50. The molecule has 9 heteroatoms. The number of carbonyl (C=O) groups excluding carboxylic acids is 1. The van der Waals surface area contributed by atoms with Gasteiger partial charge < -0.3 is 10.6 Å². The second-order valence-corrected chi connectivity index (χ2v) is 8.11. The van der Waals surface area contributed by atoms with Crippen molar-refractivity contribution < 1.29 is 13.2 Å². The van der Waals surface area contributed by atoms with E-state index < -0.39 is 9.84 Å². The molecule has 0 radical (unpaired) electrons. The van der Waals surface area contributed by atoms with E-state index in [9.17, 15) is 13.2 Å². The predicted molar refractivity (Wildman–Crippen MR) is 88.9 cm³/mol. The maximum Gasteiger partial charge on any atom is 0.315 e. The molecule has 1 fully saturated rings. The Kier molecular flexibility index (Phi) is 4.52. The molecule has 1 atom stereocenters. The Morgan fingerprint density at radius 3 is 2.79 bits per heavy atom. The topological polar surface area (TPSA) is 106 Å². The van der Waals surface area contributed by atoms with Crippen LogP contribution in [0, 0.1) is 0 Å². The lowest BCUT2D eigenvalue weighted by Gasteiger charge is -2.12. The predicted octanol–water partition coefficient (Wildman–Crippen LogP) is 0.468. The molecule has 1 aliphatic rings. The molecular formula is C15H19N5O3S. The van der Waals surface area contributed by atoms with E-state index in [-0.39, 0.29) is 23.6 Å². The van der Waals surface area contributed by atoms with E-state index in [1.165, 1.54) is 0 Å². The van der Waals surface area contributed by atoms with Crippen LogP contribution in [0.15, 0.2) is 30.7 Å². The van der Waals surface area contributed by atoms with Crippen LogP contribution in [0.1, 0.15) is 12.0 Å². The first-order valence-corrected chi connectivity index (χ1v) is 9.42. The van der Waals surface area contributed by atoms with Gasteiger partial charge in [0.1, 0.15) is 0 Å². The number of hydrogen-bond donors (Lipinski definition) is 2. The molecule has 0 saturated carbocycles. The highest BCUT2D eigenvalue weighted by Crippen LogP contribution is 2.15. The zero-order valence-electron chi connectivity index (χ0n) is 13.3. The van der Waals surface area contributed by atoms with Gasteiger partial charge in [-0.25, -0.2) is 13.2 Å². The van der Waals surface area contributed by atoms with Gasteiger partial charge in [-0.05, 0) is 18.1 Å². The second-order valence-electron chi connectivity index (χ2n) is 5.88. The average Bonchev–Trinajstić information content (AvgIpc) is 3.11. The SMILES string of the molecule is Cn1cc(-c2ccc(CNC(=O)NC3CCS(=O)(=O)C3)cn2)cn1. The number of aromatic nitrogens is 3. The van der Waals surface area contributed by atoms with Crippen molar-refractivity contribution in [3.05, 3.63) is 36.3 Å². The summed E-state index contributed by atoms with van der Waals surface area (Å²) in [6.07, 6.45) is 5.78. The summed E-state index contributed by atoms with van der Waals surface area (Å²) in [7, 11) is -1.15. The van der Waals surface area contributed by atoms with Crippen LogP contribution < -0.4 is 10.6 Å². The third kappa shape index (κ3) is 4.10. The smallest absolute Gasteiger partial charge is 0.315 e. The fourth-order valence-electron chi connectivity index (χ4n) is 2.58. The van der Waals surface area contributed by atoms with E-state index in [0.29, 0.717) is 13.0 Å². The van der Waals surface area contributed by atoms with Gasteiger partial charge in [-0.1, -0.05) is 6.07 Å². The maximum atomic E-state index is 11.8. The van der Waals surface area contributed by atoms with Crippen LogP contribution in [0.5, 0.6) is 0 Å². The summed E-state index contributed by atoms with van der Waals surface area (Å²) in [6, 6.07) is 3.08. The molecule has 0 aliphatic carbocycles. The van der Waals surface area contributed by atoms with Gasteiger partial charge in [-0.2, -0.15) is 5.10 Å². The highest BCUT2D eigenvalue weighted by molar-refractivity contribution is 7.91. The number of carbonyl (C=O) groups is 1. The van der Waals surface area contributed by atoms with Crippen LogP contribution in [0.2, 0.25) is 0 Å². The highest BCUT2D eigenvalue weighted by Gasteiger charge is 2.28. The van der Waals surface area contributed by atoms with Crippen molar-refractivity contribution in [2.45, 2.75) is 19.0 Å². The van der Waals surface area contributed by atoms with Crippen molar-refractivity contribution in [3.63, 3.8) is 0 Å². The Hall–Kier alpha value is -2.42. The van der Waals surface area contributed by atoms with Gasteiger partial charge in [0.25, 0.3) is 0 Å². The zero-order chi connectivity index (χ0) is 17.2. The van der Waals surface area contributed by atoms with Crippen molar-refractivity contribution in [1.82, 2.24) is 25.4 Å². The number of urea groups is 1. The number of aryl methyl sites for hydroxylation is 1. The molecule has 1 unspecified atom stereocenters. The Morgan fingerprint density at radius 1 is 1.38 bits per heavy atom. The highest BCUT2D eigenvalue weighted by atomic mass is 32.2. The van der Waals surface area contributed by atoms with Gasteiger partial charge in [0.05, 0.1) is 23.4 Å². The molecule has 3 heterocycles. The van der Waals surface area contributed by atoms with Gasteiger partial charge in [0.15, 0.2) is 9.84 Å². The zero-order valence-corrected chi connectivity index (χ0v) is 14.1. The maximum absolute atomic E-state index is 11.8. The summed E-state index contributed by atoms with van der Waals surface area (Å²) in [5.41, 5.74) is 2.60. The minimum Gasteiger partial charge on any atom is -0.334 e. The summed E-state index contributed by atoms with van der Waals surface area (Å²) in [6.45, 7) is 0.325. The summed E-state index contributed by atoms with van der Waals surface area (Å²) in [4.78, 5) is 16.2. The molecule has 8 nitrogen and oxygen atoms in total. The standard InChI is InChI=1S/C15H19N5O3S/c1-20-9-12(8-18-20)14-3-2-11(6-16-14)7-17-15(21)19-13-4-5-24(22,23)10-13/h2-3,6,8-9,13H,4-5,7,10H2,1H3,(H2,17,19,21). The minimum absolute atomic E-state index is 0.0157. The normalized spacial score (nSPS) is 19.1. The largest absolute Gasteiger partial charge is 0.334 e. The molecule has 2 amide bonds. The monoisotopic (exact) mass is 349 g/mol. The van der Waals surface area contributed by atoms with Crippen molar-refractivity contribution in [2.24, 2.45) is 7.05 Å². The van der Waals surface area contributed by atoms with Crippen molar-refractivity contribution in [3.8, 4) is 11.3 Å². The second kappa shape index (κ2) is 6.60. The van der Waals surface area contributed by atoms with E-state index >= 15 is 0 Å². The number of nitrogens with one attached hydrogen (secondary N) is 2. The quantitative estimate of drug-likeness (QED) is 0.834. The molecular weight excluding hydrogens is 330 g/mol. The van der Waals surface area contributed by atoms with Crippen LogP contribution in [-0.2, 0) is 23.4 Å². The summed E-state index contributed by atoms with van der Waals surface area (Å²) < 4.78 is 24.4. The first kappa shape index (κ1) is 16.4. The lowest BCUT2D eigenvalue weighted by molar-refractivity contribution is 0.237. The van der Waals surface area contributed by atoms with Crippen LogP contribution in [0.25, 0.3) is 11.3 Å². The van der Waals surface area contributed by atoms with Gasteiger partial charge in [0, 0.05) is 37.6 Å².